The van der Waals surface area contributed by atoms with Crippen LogP contribution in [0.3, 0.4) is 0 Å². The molecule has 0 bridgehead atoms. The number of hydrogen-bond donors (Lipinski definition) is 1. The molecule has 1 aromatic carbocycles. The third-order valence-electron chi connectivity index (χ3n) is 4.27. The van der Waals surface area contributed by atoms with Gasteiger partial charge in [-0.2, -0.15) is 0 Å². The van der Waals surface area contributed by atoms with Crippen molar-refractivity contribution in [3.8, 4) is 5.75 Å². The zero-order chi connectivity index (χ0) is 18.8. The molecule has 0 saturated carbocycles. The van der Waals surface area contributed by atoms with Crippen molar-refractivity contribution < 1.29 is 17.9 Å². The van der Waals surface area contributed by atoms with Crippen molar-refractivity contribution in [2.75, 3.05) is 11.5 Å². The molecular formula is C18H22N2O4S2. The van der Waals surface area contributed by atoms with Crippen LogP contribution in [0.1, 0.15) is 29.6 Å². The number of nitrogens with one attached hydrogen (secondary N) is 1. The number of hydrogen-bond acceptors (Lipinski definition) is 6. The molecule has 1 unspecified atom stereocenters. The number of thiazole rings is 1. The Balaban J connectivity index is 1.51. The van der Waals surface area contributed by atoms with E-state index < -0.39 is 15.4 Å². The molecule has 26 heavy (non-hydrogen) atoms. The van der Waals surface area contributed by atoms with Crippen molar-refractivity contribution >= 4 is 27.1 Å². The first kappa shape index (κ1) is 18.8. The Kier molecular flexibility index (Phi) is 5.34. The number of ether oxygens (including phenoxy) is 1. The monoisotopic (exact) mass is 394 g/mol. The van der Waals surface area contributed by atoms with Crippen LogP contribution >= 0.6 is 11.3 Å². The topological polar surface area (TPSA) is 85.4 Å². The minimum absolute atomic E-state index is 0.00154. The summed E-state index contributed by atoms with van der Waals surface area (Å²) in [6.07, 6.45) is 0.588. The summed E-state index contributed by atoms with van der Waals surface area (Å²) >= 11 is 1.44. The molecule has 0 radical (unpaired) electrons. The highest BCUT2D eigenvalue weighted by atomic mass is 32.2. The molecule has 2 heterocycles. The van der Waals surface area contributed by atoms with Gasteiger partial charge in [0.2, 0.25) is 5.91 Å². The maximum atomic E-state index is 12.2. The number of aryl methyl sites for hydroxylation is 1. The van der Waals surface area contributed by atoms with Gasteiger partial charge in [0.25, 0.3) is 0 Å². The molecule has 8 heteroatoms. The van der Waals surface area contributed by atoms with Gasteiger partial charge >= 0.3 is 0 Å². The number of benzene rings is 1. The second-order valence-corrected chi connectivity index (χ2v) is 10.1. The Labute approximate surface area is 157 Å². The third kappa shape index (κ3) is 5.04. The highest BCUT2D eigenvalue weighted by Gasteiger charge is 2.39. The smallest absolute Gasteiger partial charge is 0.226 e. The molecule has 1 saturated heterocycles. The quantitative estimate of drug-likeness (QED) is 0.812. The van der Waals surface area contributed by atoms with E-state index in [1.54, 1.807) is 6.92 Å². The van der Waals surface area contributed by atoms with Gasteiger partial charge in [0, 0.05) is 5.38 Å². The molecule has 1 aliphatic heterocycles. The fourth-order valence-corrected chi connectivity index (χ4v) is 5.73. The summed E-state index contributed by atoms with van der Waals surface area (Å²) in [5, 5.41) is 5.48. The van der Waals surface area contributed by atoms with Gasteiger partial charge in [-0.05, 0) is 32.4 Å². The van der Waals surface area contributed by atoms with Crippen molar-refractivity contribution in [3.05, 3.63) is 45.9 Å². The summed E-state index contributed by atoms with van der Waals surface area (Å²) in [5.41, 5.74) is 1.16. The molecule has 1 N–H and O–H groups in total. The molecule has 1 aliphatic rings. The predicted octanol–water partition coefficient (Wildman–Crippen LogP) is 2.27. The first-order chi connectivity index (χ1) is 12.2. The highest BCUT2D eigenvalue weighted by Crippen LogP contribution is 2.23. The molecule has 1 amide bonds. The van der Waals surface area contributed by atoms with Crippen molar-refractivity contribution in [1.82, 2.24) is 10.3 Å². The molecule has 0 aliphatic carbocycles. The first-order valence-corrected chi connectivity index (χ1v) is 11.1. The normalized spacial score (nSPS) is 21.5. The Morgan fingerprint density at radius 2 is 2.08 bits per heavy atom. The van der Waals surface area contributed by atoms with Crippen LogP contribution in [0.15, 0.2) is 29.6 Å². The lowest BCUT2D eigenvalue weighted by molar-refractivity contribution is -0.122. The van der Waals surface area contributed by atoms with Crippen LogP contribution in [0.5, 0.6) is 5.75 Å². The predicted molar refractivity (Wildman–Crippen MR) is 101 cm³/mol. The Morgan fingerprint density at radius 1 is 1.35 bits per heavy atom. The van der Waals surface area contributed by atoms with E-state index in [-0.39, 0.29) is 23.8 Å². The molecular weight excluding hydrogens is 372 g/mol. The van der Waals surface area contributed by atoms with Crippen molar-refractivity contribution in [3.63, 3.8) is 0 Å². The third-order valence-corrected chi connectivity index (χ3v) is 7.04. The lowest BCUT2D eigenvalue weighted by Crippen LogP contribution is -2.47. The van der Waals surface area contributed by atoms with Gasteiger partial charge in [0.15, 0.2) is 9.84 Å². The fourth-order valence-electron chi connectivity index (χ4n) is 2.93. The van der Waals surface area contributed by atoms with Crippen LogP contribution in [0.2, 0.25) is 0 Å². The summed E-state index contributed by atoms with van der Waals surface area (Å²) in [5.74, 6) is 0.695. The maximum Gasteiger partial charge on any atom is 0.226 e. The molecule has 140 valence electrons. The van der Waals surface area contributed by atoms with Gasteiger partial charge in [-0.1, -0.05) is 17.7 Å². The molecule has 3 rings (SSSR count). The average molecular weight is 395 g/mol. The van der Waals surface area contributed by atoms with E-state index in [9.17, 15) is 13.2 Å². The molecule has 1 aromatic heterocycles. The van der Waals surface area contributed by atoms with Crippen LogP contribution in [-0.2, 0) is 27.7 Å². The van der Waals surface area contributed by atoms with Crippen molar-refractivity contribution in [2.24, 2.45) is 0 Å². The average Bonchev–Trinajstić information content (AvgIpc) is 3.10. The van der Waals surface area contributed by atoms with Crippen LogP contribution in [0.25, 0.3) is 0 Å². The molecule has 1 atom stereocenters. The Hall–Kier alpha value is -1.93. The summed E-state index contributed by atoms with van der Waals surface area (Å²) in [7, 11) is -3.05. The second kappa shape index (κ2) is 7.36. The molecule has 0 spiro atoms. The zero-order valence-corrected chi connectivity index (χ0v) is 16.5. The number of aromatic nitrogens is 1. The van der Waals surface area contributed by atoms with Gasteiger partial charge in [0.1, 0.15) is 17.4 Å². The van der Waals surface area contributed by atoms with Gasteiger partial charge in [-0.15, -0.1) is 11.3 Å². The molecule has 2 aromatic rings. The van der Waals surface area contributed by atoms with Crippen molar-refractivity contribution in [1.29, 1.82) is 0 Å². The van der Waals surface area contributed by atoms with E-state index in [2.05, 4.69) is 10.3 Å². The maximum absolute atomic E-state index is 12.2. The number of rotatable bonds is 6. The minimum atomic E-state index is -3.05. The number of sulfone groups is 1. The van der Waals surface area contributed by atoms with Crippen LogP contribution < -0.4 is 10.1 Å². The van der Waals surface area contributed by atoms with Gasteiger partial charge < -0.3 is 10.1 Å². The zero-order valence-electron chi connectivity index (χ0n) is 14.8. The van der Waals surface area contributed by atoms with Crippen LogP contribution in [0, 0.1) is 6.92 Å². The SMILES string of the molecule is Cc1ccc(OCc2nc(CC(=O)NC3(C)CCS(=O)(=O)C3)cs2)cc1. The van der Waals surface area contributed by atoms with E-state index in [4.69, 9.17) is 4.74 Å². The summed E-state index contributed by atoms with van der Waals surface area (Å²) in [6.45, 7) is 4.14. The number of amides is 1. The standard InChI is InChI=1S/C18H22N2O4S2/c1-13-3-5-15(6-4-13)24-10-17-19-14(11-25-17)9-16(21)20-18(2)7-8-26(22,23)12-18/h3-6,11H,7-10,12H2,1-2H3,(H,20,21). The van der Waals surface area contributed by atoms with Crippen LogP contribution in [-0.4, -0.2) is 36.4 Å². The first-order valence-electron chi connectivity index (χ1n) is 8.37. The highest BCUT2D eigenvalue weighted by molar-refractivity contribution is 7.91. The van der Waals surface area contributed by atoms with Gasteiger partial charge in [-0.25, -0.2) is 13.4 Å². The Morgan fingerprint density at radius 3 is 2.73 bits per heavy atom. The summed E-state index contributed by atoms with van der Waals surface area (Å²) in [6, 6.07) is 7.79. The largest absolute Gasteiger partial charge is 0.486 e. The minimum Gasteiger partial charge on any atom is -0.486 e. The van der Waals surface area contributed by atoms with Gasteiger partial charge in [-0.3, -0.25) is 4.79 Å². The van der Waals surface area contributed by atoms with Crippen LogP contribution in [0.4, 0.5) is 0 Å². The van der Waals surface area contributed by atoms with E-state index >= 15 is 0 Å². The number of carbonyl (C=O) groups is 1. The molecule has 1 fully saturated rings. The Bertz CT molecular complexity index is 890. The number of nitrogens with zero attached hydrogens (tertiary/aromatic N) is 1. The second-order valence-electron chi connectivity index (χ2n) is 6.96. The van der Waals surface area contributed by atoms with Gasteiger partial charge in [0.05, 0.1) is 29.2 Å². The molecule has 6 nitrogen and oxygen atoms in total. The summed E-state index contributed by atoms with van der Waals surface area (Å²) in [4.78, 5) is 16.7. The van der Waals surface area contributed by atoms with E-state index in [0.29, 0.717) is 18.7 Å². The van der Waals surface area contributed by atoms with Crippen molar-refractivity contribution in [2.45, 2.75) is 38.8 Å². The lowest BCUT2D eigenvalue weighted by Gasteiger charge is -2.23. The van der Waals surface area contributed by atoms with E-state index in [0.717, 1.165) is 10.8 Å². The fraction of sp³-hybridized carbons (Fsp3) is 0.444. The lowest BCUT2D eigenvalue weighted by atomic mass is 10.0. The van der Waals surface area contributed by atoms with E-state index in [1.807, 2.05) is 36.6 Å². The summed E-state index contributed by atoms with van der Waals surface area (Å²) < 4.78 is 28.9. The number of carbonyl (C=O) groups excluding carboxylic acids is 1. The van der Waals surface area contributed by atoms with E-state index in [1.165, 1.54) is 16.9 Å².